The zero-order chi connectivity index (χ0) is 24.2. The van der Waals surface area contributed by atoms with Crippen LogP contribution in [0.15, 0.2) is 60.9 Å². The molecule has 0 aliphatic carbocycles. The first-order valence-electron chi connectivity index (χ1n) is 10.6. The fourth-order valence-electron chi connectivity index (χ4n) is 3.79. The molecule has 0 radical (unpaired) electrons. The molecular formula is C25H24ClN5O3. The summed E-state index contributed by atoms with van der Waals surface area (Å²) >= 11 is 5.99. The molecule has 0 aliphatic rings. The Balaban J connectivity index is 1.77. The smallest absolute Gasteiger partial charge is 0.254 e. The molecule has 2 amide bonds. The number of carbonyl (C=O) groups is 2. The van der Waals surface area contributed by atoms with Crippen LogP contribution < -0.4 is 10.6 Å². The maximum absolute atomic E-state index is 13.4. The summed E-state index contributed by atoms with van der Waals surface area (Å²) in [5.41, 5.74) is 3.85. The van der Waals surface area contributed by atoms with E-state index in [4.69, 9.17) is 21.3 Å². The van der Waals surface area contributed by atoms with Crippen molar-refractivity contribution in [3.05, 3.63) is 77.1 Å². The quantitative estimate of drug-likeness (QED) is 0.412. The Hall–Kier alpha value is -3.75. The number of aryl methyl sites for hydroxylation is 1. The van der Waals surface area contributed by atoms with Gasteiger partial charge < -0.3 is 19.9 Å². The van der Waals surface area contributed by atoms with Crippen LogP contribution in [0.3, 0.4) is 0 Å². The minimum Gasteiger partial charge on any atom is -0.375 e. The normalized spacial score (nSPS) is 11.9. The van der Waals surface area contributed by atoms with Crippen molar-refractivity contribution in [2.45, 2.75) is 13.0 Å². The summed E-state index contributed by atoms with van der Waals surface area (Å²) in [6.07, 6.45) is 3.37. The zero-order valence-corrected chi connectivity index (χ0v) is 19.8. The van der Waals surface area contributed by atoms with E-state index in [2.05, 4.69) is 15.6 Å². The van der Waals surface area contributed by atoms with Crippen LogP contribution in [0.4, 0.5) is 5.69 Å². The fourth-order valence-corrected chi connectivity index (χ4v) is 3.92. The van der Waals surface area contributed by atoms with E-state index in [0.29, 0.717) is 33.1 Å². The van der Waals surface area contributed by atoms with Crippen LogP contribution in [0.1, 0.15) is 28.9 Å². The van der Waals surface area contributed by atoms with Crippen LogP contribution in [0.25, 0.3) is 22.4 Å². The number of aromatic nitrogens is 3. The number of ether oxygens (including phenoxy) is 1. The summed E-state index contributed by atoms with van der Waals surface area (Å²) in [5, 5.41) is 6.43. The van der Waals surface area contributed by atoms with Gasteiger partial charge in [-0.25, -0.2) is 4.98 Å². The lowest BCUT2D eigenvalue weighted by molar-refractivity contribution is -0.119. The molecule has 0 spiro atoms. The highest BCUT2D eigenvalue weighted by atomic mass is 35.5. The van der Waals surface area contributed by atoms with E-state index >= 15 is 0 Å². The SMILES string of the molecule is COCC(=O)Nc1cc(C(=O)N[C@@H](C)c2ccc(Cl)cc2)c2c(c1)nc(-c1ccncc1)n2C. The van der Waals surface area contributed by atoms with Crippen molar-refractivity contribution in [1.29, 1.82) is 0 Å². The average Bonchev–Trinajstić information content (AvgIpc) is 3.15. The first-order chi connectivity index (χ1) is 16.4. The lowest BCUT2D eigenvalue weighted by Gasteiger charge is -2.16. The molecule has 34 heavy (non-hydrogen) atoms. The first kappa shape index (κ1) is 23.4. The second-order valence-corrected chi connectivity index (χ2v) is 8.29. The van der Waals surface area contributed by atoms with Crippen LogP contribution >= 0.6 is 11.6 Å². The molecule has 0 saturated carbocycles. The average molecular weight is 478 g/mol. The van der Waals surface area contributed by atoms with Gasteiger partial charge in [-0.1, -0.05) is 23.7 Å². The minimum atomic E-state index is -0.326. The summed E-state index contributed by atoms with van der Waals surface area (Å²) in [6.45, 7) is 1.80. The highest BCUT2D eigenvalue weighted by Crippen LogP contribution is 2.29. The Labute approximate surface area is 201 Å². The summed E-state index contributed by atoms with van der Waals surface area (Å²) in [7, 11) is 3.30. The van der Waals surface area contributed by atoms with Gasteiger partial charge in [0.1, 0.15) is 12.4 Å². The third-order valence-electron chi connectivity index (χ3n) is 5.43. The molecule has 2 N–H and O–H groups in total. The van der Waals surface area contributed by atoms with Crippen molar-refractivity contribution in [2.75, 3.05) is 19.0 Å². The van der Waals surface area contributed by atoms with Crippen LogP contribution in [0, 0.1) is 0 Å². The van der Waals surface area contributed by atoms with Gasteiger partial charge in [0.25, 0.3) is 5.91 Å². The van der Waals surface area contributed by atoms with E-state index in [9.17, 15) is 9.59 Å². The number of rotatable bonds is 7. The molecule has 9 heteroatoms. The monoisotopic (exact) mass is 477 g/mol. The van der Waals surface area contributed by atoms with Crippen molar-refractivity contribution in [3.8, 4) is 11.4 Å². The van der Waals surface area contributed by atoms with E-state index < -0.39 is 0 Å². The van der Waals surface area contributed by atoms with Gasteiger partial charge in [0.15, 0.2) is 0 Å². The number of hydrogen-bond acceptors (Lipinski definition) is 5. The number of pyridine rings is 1. The molecule has 2 aromatic heterocycles. The van der Waals surface area contributed by atoms with E-state index in [1.54, 1.807) is 36.7 Å². The second kappa shape index (κ2) is 10.0. The Kier molecular flexibility index (Phi) is 6.90. The molecular weight excluding hydrogens is 454 g/mol. The fraction of sp³-hybridized carbons (Fsp3) is 0.200. The summed E-state index contributed by atoms with van der Waals surface area (Å²) in [4.78, 5) is 34.4. The predicted octanol–water partition coefficient (Wildman–Crippen LogP) is 4.36. The van der Waals surface area contributed by atoms with Crippen molar-refractivity contribution in [3.63, 3.8) is 0 Å². The number of imidazole rings is 1. The molecule has 0 fully saturated rings. The molecule has 4 rings (SSSR count). The largest absolute Gasteiger partial charge is 0.375 e. The van der Waals surface area contributed by atoms with Gasteiger partial charge in [-0.05, 0) is 48.9 Å². The number of benzene rings is 2. The van der Waals surface area contributed by atoms with Gasteiger partial charge in [-0.3, -0.25) is 14.6 Å². The Morgan fingerprint density at radius 2 is 1.82 bits per heavy atom. The number of anilines is 1. The molecule has 2 heterocycles. The van der Waals surface area contributed by atoms with E-state index in [1.807, 2.05) is 42.8 Å². The molecule has 0 aliphatic heterocycles. The van der Waals surface area contributed by atoms with Crippen LogP contribution in [-0.4, -0.2) is 40.1 Å². The number of fused-ring (bicyclic) bond motifs is 1. The molecule has 0 unspecified atom stereocenters. The third-order valence-corrected chi connectivity index (χ3v) is 5.68. The number of nitrogens with zero attached hydrogens (tertiary/aromatic N) is 3. The Morgan fingerprint density at radius 1 is 1.12 bits per heavy atom. The molecule has 2 aromatic carbocycles. The number of halogens is 1. The van der Waals surface area contributed by atoms with Crippen molar-refractivity contribution >= 4 is 40.1 Å². The molecule has 4 aromatic rings. The standard InChI is InChI=1S/C25H24ClN5O3/c1-15(16-4-6-18(26)7-5-16)28-25(33)20-12-19(29-22(32)14-34-3)13-21-23(20)31(2)24(30-21)17-8-10-27-11-9-17/h4-13,15H,14H2,1-3H3,(H,28,33)(H,29,32)/t15-/m0/s1. The van der Waals surface area contributed by atoms with E-state index in [-0.39, 0.29) is 24.5 Å². The highest BCUT2D eigenvalue weighted by Gasteiger charge is 2.21. The topological polar surface area (TPSA) is 98.1 Å². The van der Waals surface area contributed by atoms with Crippen molar-refractivity contribution in [2.24, 2.45) is 7.05 Å². The van der Waals surface area contributed by atoms with Gasteiger partial charge in [-0.15, -0.1) is 0 Å². The maximum Gasteiger partial charge on any atom is 0.254 e. The van der Waals surface area contributed by atoms with E-state index in [0.717, 1.165) is 11.1 Å². The number of nitrogens with one attached hydrogen (secondary N) is 2. The van der Waals surface area contributed by atoms with E-state index in [1.165, 1.54) is 7.11 Å². The van der Waals surface area contributed by atoms with Crippen LogP contribution in [0.2, 0.25) is 5.02 Å². The number of methoxy groups -OCH3 is 1. The van der Waals surface area contributed by atoms with Crippen LogP contribution in [-0.2, 0) is 16.6 Å². The lowest BCUT2D eigenvalue weighted by Crippen LogP contribution is -2.27. The van der Waals surface area contributed by atoms with Crippen LogP contribution in [0.5, 0.6) is 0 Å². The summed E-state index contributed by atoms with van der Waals surface area (Å²) in [6, 6.07) is 14.1. The van der Waals surface area contributed by atoms with Gasteiger partial charge in [0.2, 0.25) is 5.91 Å². The number of carbonyl (C=O) groups excluding carboxylic acids is 2. The minimum absolute atomic E-state index is 0.0996. The van der Waals surface area contributed by atoms with Gasteiger partial charge >= 0.3 is 0 Å². The number of hydrogen-bond donors (Lipinski definition) is 2. The molecule has 0 saturated heterocycles. The second-order valence-electron chi connectivity index (χ2n) is 7.85. The molecule has 1 atom stereocenters. The Morgan fingerprint density at radius 3 is 2.50 bits per heavy atom. The van der Waals surface area contributed by atoms with Gasteiger partial charge in [0, 0.05) is 42.8 Å². The third kappa shape index (κ3) is 4.93. The van der Waals surface area contributed by atoms with Gasteiger partial charge in [0.05, 0.1) is 22.6 Å². The molecule has 8 nitrogen and oxygen atoms in total. The zero-order valence-electron chi connectivity index (χ0n) is 19.0. The van der Waals surface area contributed by atoms with Gasteiger partial charge in [-0.2, -0.15) is 0 Å². The molecule has 174 valence electrons. The first-order valence-corrected chi connectivity index (χ1v) is 11.0. The van der Waals surface area contributed by atoms with Crippen molar-refractivity contribution in [1.82, 2.24) is 19.9 Å². The summed E-state index contributed by atoms with van der Waals surface area (Å²) in [5.74, 6) is 0.0603. The Bertz CT molecular complexity index is 1340. The lowest BCUT2D eigenvalue weighted by atomic mass is 10.1. The molecule has 0 bridgehead atoms. The predicted molar refractivity (Wildman–Crippen MR) is 132 cm³/mol. The maximum atomic E-state index is 13.4. The highest BCUT2D eigenvalue weighted by molar-refractivity contribution is 6.30. The summed E-state index contributed by atoms with van der Waals surface area (Å²) < 4.78 is 6.77. The van der Waals surface area contributed by atoms with Crippen molar-refractivity contribution < 1.29 is 14.3 Å². The number of amides is 2.